The molecule has 1 unspecified atom stereocenters. The minimum atomic E-state index is -3.81. The van der Waals surface area contributed by atoms with Gasteiger partial charge in [-0.3, -0.25) is 4.79 Å². The fourth-order valence-electron chi connectivity index (χ4n) is 4.10. The van der Waals surface area contributed by atoms with E-state index in [4.69, 9.17) is 9.47 Å². The molecule has 30 heavy (non-hydrogen) atoms. The minimum absolute atomic E-state index is 0.287. The van der Waals surface area contributed by atoms with Crippen molar-refractivity contribution in [1.82, 2.24) is 4.31 Å². The second-order valence-corrected chi connectivity index (χ2v) is 9.38. The lowest BCUT2D eigenvalue weighted by atomic mass is 10.1. The zero-order valence-electron chi connectivity index (χ0n) is 18.0. The molecule has 1 saturated heterocycles. The van der Waals surface area contributed by atoms with Crippen LogP contribution in [0.5, 0.6) is 11.5 Å². The lowest BCUT2D eigenvalue weighted by Gasteiger charge is -2.25. The molecular weight excluding hydrogens is 404 g/mol. The number of ether oxygens (including phenoxy) is 2. The Labute approximate surface area is 178 Å². The fourth-order valence-corrected chi connectivity index (χ4v) is 6.17. The SMILES string of the molecule is COc1ccc(NC(=O)C2CCCN2S(=O)(=O)c2c(C)cc(C)cc2C)c(OC)c1. The Morgan fingerprint density at radius 2 is 1.73 bits per heavy atom. The van der Waals surface area contributed by atoms with E-state index in [1.165, 1.54) is 11.4 Å². The van der Waals surface area contributed by atoms with E-state index in [1.807, 2.05) is 19.1 Å². The summed E-state index contributed by atoms with van der Waals surface area (Å²) in [4.78, 5) is 13.3. The van der Waals surface area contributed by atoms with Gasteiger partial charge in [-0.25, -0.2) is 8.42 Å². The maximum absolute atomic E-state index is 13.5. The van der Waals surface area contributed by atoms with Gasteiger partial charge in [-0.2, -0.15) is 4.31 Å². The molecule has 1 aliphatic rings. The molecule has 1 N–H and O–H groups in total. The van der Waals surface area contributed by atoms with Gasteiger partial charge in [-0.1, -0.05) is 17.7 Å². The van der Waals surface area contributed by atoms with Crippen LogP contribution in [0.1, 0.15) is 29.5 Å². The number of nitrogens with zero attached hydrogens (tertiary/aromatic N) is 1. The number of carbonyl (C=O) groups is 1. The van der Waals surface area contributed by atoms with Crippen LogP contribution in [0.2, 0.25) is 0 Å². The molecular formula is C22H28N2O5S. The summed E-state index contributed by atoms with van der Waals surface area (Å²) >= 11 is 0. The van der Waals surface area contributed by atoms with Crippen molar-refractivity contribution < 1.29 is 22.7 Å². The molecule has 1 atom stereocenters. The van der Waals surface area contributed by atoms with Gasteiger partial charge in [-0.05, 0) is 56.9 Å². The van der Waals surface area contributed by atoms with Crippen molar-refractivity contribution in [1.29, 1.82) is 0 Å². The third-order valence-corrected chi connectivity index (χ3v) is 7.56. The summed E-state index contributed by atoms with van der Waals surface area (Å²) in [5.74, 6) is 0.669. The molecule has 2 aromatic carbocycles. The first kappa shape index (κ1) is 22.1. The molecule has 3 rings (SSSR count). The fraction of sp³-hybridized carbons (Fsp3) is 0.409. The van der Waals surface area contributed by atoms with Gasteiger partial charge in [-0.15, -0.1) is 0 Å². The zero-order valence-corrected chi connectivity index (χ0v) is 18.8. The van der Waals surface area contributed by atoms with E-state index in [1.54, 1.807) is 39.2 Å². The van der Waals surface area contributed by atoms with Crippen molar-refractivity contribution in [2.24, 2.45) is 0 Å². The van der Waals surface area contributed by atoms with Gasteiger partial charge in [0.15, 0.2) is 0 Å². The number of hydrogen-bond donors (Lipinski definition) is 1. The van der Waals surface area contributed by atoms with Gasteiger partial charge in [0, 0.05) is 12.6 Å². The largest absolute Gasteiger partial charge is 0.497 e. The number of sulfonamides is 1. The molecule has 0 saturated carbocycles. The molecule has 1 heterocycles. The van der Waals surface area contributed by atoms with Crippen molar-refractivity contribution in [2.75, 3.05) is 26.1 Å². The molecule has 7 nitrogen and oxygen atoms in total. The predicted octanol–water partition coefficient (Wildman–Crippen LogP) is 3.42. The quantitative estimate of drug-likeness (QED) is 0.756. The normalized spacial score (nSPS) is 17.0. The molecule has 0 spiro atoms. The van der Waals surface area contributed by atoms with Crippen LogP contribution in [0.15, 0.2) is 35.2 Å². The second kappa shape index (κ2) is 8.65. The summed E-state index contributed by atoms with van der Waals surface area (Å²) < 4.78 is 38.8. The molecule has 0 aliphatic carbocycles. The van der Waals surface area contributed by atoms with Crippen molar-refractivity contribution in [3.05, 3.63) is 47.0 Å². The van der Waals surface area contributed by atoms with Crippen LogP contribution in [-0.4, -0.2) is 45.4 Å². The maximum atomic E-state index is 13.5. The van der Waals surface area contributed by atoms with E-state index in [0.717, 1.165) is 5.56 Å². The van der Waals surface area contributed by atoms with Gasteiger partial charge in [0.05, 0.1) is 24.8 Å². The number of hydrogen-bond acceptors (Lipinski definition) is 5. The highest BCUT2D eigenvalue weighted by molar-refractivity contribution is 7.89. The van der Waals surface area contributed by atoms with E-state index in [-0.39, 0.29) is 10.8 Å². The van der Waals surface area contributed by atoms with Gasteiger partial charge in [0.25, 0.3) is 0 Å². The Morgan fingerprint density at radius 3 is 2.33 bits per heavy atom. The Morgan fingerprint density at radius 1 is 1.07 bits per heavy atom. The summed E-state index contributed by atoms with van der Waals surface area (Å²) in [5, 5.41) is 2.82. The monoisotopic (exact) mass is 432 g/mol. The maximum Gasteiger partial charge on any atom is 0.244 e. The third kappa shape index (κ3) is 4.15. The summed E-state index contributed by atoms with van der Waals surface area (Å²) in [6, 6.07) is 7.98. The lowest BCUT2D eigenvalue weighted by Crippen LogP contribution is -2.43. The average Bonchev–Trinajstić information content (AvgIpc) is 3.18. The van der Waals surface area contributed by atoms with Crippen LogP contribution in [0.4, 0.5) is 5.69 Å². The first-order valence-corrected chi connectivity index (χ1v) is 11.3. The number of anilines is 1. The number of methoxy groups -OCH3 is 2. The van der Waals surface area contributed by atoms with Crippen LogP contribution in [-0.2, 0) is 14.8 Å². The zero-order chi connectivity index (χ0) is 22.1. The average molecular weight is 433 g/mol. The summed E-state index contributed by atoms with van der Waals surface area (Å²) in [6.45, 7) is 5.83. The van der Waals surface area contributed by atoms with Crippen LogP contribution < -0.4 is 14.8 Å². The summed E-state index contributed by atoms with van der Waals surface area (Å²) in [5.41, 5.74) is 2.85. The number of nitrogens with one attached hydrogen (secondary N) is 1. The van der Waals surface area contributed by atoms with Crippen LogP contribution in [0.25, 0.3) is 0 Å². The number of benzene rings is 2. The van der Waals surface area contributed by atoms with Crippen molar-refractivity contribution >= 4 is 21.6 Å². The van der Waals surface area contributed by atoms with E-state index >= 15 is 0 Å². The molecule has 1 fully saturated rings. The highest BCUT2D eigenvalue weighted by Crippen LogP contribution is 2.33. The number of rotatable bonds is 6. The molecule has 1 amide bonds. The van der Waals surface area contributed by atoms with Crippen molar-refractivity contribution in [3.63, 3.8) is 0 Å². The Balaban J connectivity index is 1.90. The van der Waals surface area contributed by atoms with Crippen LogP contribution >= 0.6 is 0 Å². The van der Waals surface area contributed by atoms with E-state index in [9.17, 15) is 13.2 Å². The smallest absolute Gasteiger partial charge is 0.244 e. The second-order valence-electron chi connectivity index (χ2n) is 7.56. The number of aryl methyl sites for hydroxylation is 3. The predicted molar refractivity (Wildman–Crippen MR) is 116 cm³/mol. The molecule has 0 aromatic heterocycles. The first-order valence-electron chi connectivity index (χ1n) is 9.81. The molecule has 162 valence electrons. The number of carbonyl (C=O) groups excluding carboxylic acids is 1. The van der Waals surface area contributed by atoms with E-state index < -0.39 is 16.1 Å². The minimum Gasteiger partial charge on any atom is -0.497 e. The molecule has 1 aliphatic heterocycles. The van der Waals surface area contributed by atoms with Crippen molar-refractivity contribution in [3.8, 4) is 11.5 Å². The highest BCUT2D eigenvalue weighted by atomic mass is 32.2. The molecule has 0 bridgehead atoms. The van der Waals surface area contributed by atoms with E-state index in [2.05, 4.69) is 5.32 Å². The van der Waals surface area contributed by atoms with Gasteiger partial charge < -0.3 is 14.8 Å². The standard InChI is InChI=1S/C22H28N2O5S/c1-14-11-15(2)21(16(3)12-14)30(26,27)24-10-6-7-19(24)22(25)23-18-9-8-17(28-4)13-20(18)29-5/h8-9,11-13,19H,6-7,10H2,1-5H3,(H,23,25). The Kier molecular flexibility index (Phi) is 6.38. The van der Waals surface area contributed by atoms with Crippen molar-refractivity contribution in [2.45, 2.75) is 44.6 Å². The third-order valence-electron chi connectivity index (χ3n) is 5.34. The van der Waals surface area contributed by atoms with E-state index in [0.29, 0.717) is 47.7 Å². The Hall–Kier alpha value is -2.58. The van der Waals surface area contributed by atoms with Gasteiger partial charge >= 0.3 is 0 Å². The molecule has 0 radical (unpaired) electrons. The summed E-state index contributed by atoms with van der Waals surface area (Å²) in [6.07, 6.45) is 1.09. The molecule has 2 aromatic rings. The Bertz CT molecular complexity index is 1040. The molecule has 8 heteroatoms. The van der Waals surface area contributed by atoms with Crippen LogP contribution in [0, 0.1) is 20.8 Å². The summed E-state index contributed by atoms with van der Waals surface area (Å²) in [7, 11) is -0.764. The lowest BCUT2D eigenvalue weighted by molar-refractivity contribution is -0.119. The highest BCUT2D eigenvalue weighted by Gasteiger charge is 2.40. The van der Waals surface area contributed by atoms with Gasteiger partial charge in [0.1, 0.15) is 17.5 Å². The van der Waals surface area contributed by atoms with Gasteiger partial charge in [0.2, 0.25) is 15.9 Å². The van der Waals surface area contributed by atoms with Crippen LogP contribution in [0.3, 0.4) is 0 Å². The topological polar surface area (TPSA) is 84.9 Å². The first-order chi connectivity index (χ1) is 14.2. The number of amides is 1.